The number of imidazole rings is 2. The Kier molecular flexibility index (Phi) is 3.93. The second-order valence-electron chi connectivity index (χ2n) is 4.39. The molecule has 2 aromatic rings. The monoisotopic (exact) mass is 233 g/mol. The van der Waals surface area contributed by atoms with Crippen LogP contribution in [0.3, 0.4) is 0 Å². The molecule has 0 aliphatic rings. The minimum Gasteiger partial charge on any atom is -0.348 e. The van der Waals surface area contributed by atoms with Gasteiger partial charge in [-0.1, -0.05) is 0 Å². The zero-order chi connectivity index (χ0) is 12.1. The molecule has 0 aromatic carbocycles. The van der Waals surface area contributed by atoms with Crippen LogP contribution in [0.15, 0.2) is 25.0 Å². The Balaban J connectivity index is 1.76. The van der Waals surface area contributed by atoms with Gasteiger partial charge in [-0.3, -0.25) is 0 Å². The van der Waals surface area contributed by atoms with Gasteiger partial charge in [-0.05, 0) is 13.8 Å². The SMILES string of the molecule is CC(C)n1cncc1CNCCc1cnc[nH]1. The number of hydrogen-bond donors (Lipinski definition) is 2. The number of hydrogen-bond acceptors (Lipinski definition) is 3. The van der Waals surface area contributed by atoms with Crippen molar-refractivity contribution in [3.63, 3.8) is 0 Å². The number of aromatic amines is 1. The third kappa shape index (κ3) is 3.17. The van der Waals surface area contributed by atoms with Gasteiger partial charge in [-0.25, -0.2) is 9.97 Å². The molecule has 0 fully saturated rings. The van der Waals surface area contributed by atoms with Gasteiger partial charge >= 0.3 is 0 Å². The lowest BCUT2D eigenvalue weighted by Crippen LogP contribution is -2.19. The molecule has 0 aliphatic carbocycles. The topological polar surface area (TPSA) is 58.5 Å². The number of H-pyrrole nitrogens is 1. The van der Waals surface area contributed by atoms with E-state index >= 15 is 0 Å². The van der Waals surface area contributed by atoms with Crippen molar-refractivity contribution in [2.24, 2.45) is 0 Å². The maximum Gasteiger partial charge on any atom is 0.0951 e. The van der Waals surface area contributed by atoms with Crippen LogP contribution in [0.4, 0.5) is 0 Å². The molecule has 2 rings (SSSR count). The molecular weight excluding hydrogens is 214 g/mol. The number of rotatable bonds is 6. The van der Waals surface area contributed by atoms with Crippen LogP contribution in [-0.4, -0.2) is 26.1 Å². The van der Waals surface area contributed by atoms with Gasteiger partial charge in [0.25, 0.3) is 0 Å². The van der Waals surface area contributed by atoms with E-state index in [4.69, 9.17) is 0 Å². The fraction of sp³-hybridized carbons (Fsp3) is 0.500. The maximum absolute atomic E-state index is 4.18. The summed E-state index contributed by atoms with van der Waals surface area (Å²) in [7, 11) is 0. The highest BCUT2D eigenvalue weighted by Crippen LogP contribution is 2.08. The summed E-state index contributed by atoms with van der Waals surface area (Å²) in [6.07, 6.45) is 8.35. The molecule has 0 aliphatic heterocycles. The van der Waals surface area contributed by atoms with Crippen molar-refractivity contribution in [1.29, 1.82) is 0 Å². The van der Waals surface area contributed by atoms with E-state index in [1.165, 1.54) is 5.69 Å². The van der Waals surface area contributed by atoms with Gasteiger partial charge in [0.15, 0.2) is 0 Å². The van der Waals surface area contributed by atoms with Crippen LogP contribution in [0.1, 0.15) is 31.3 Å². The van der Waals surface area contributed by atoms with Crippen LogP contribution in [0, 0.1) is 0 Å². The van der Waals surface area contributed by atoms with Gasteiger partial charge in [-0.15, -0.1) is 0 Å². The summed E-state index contributed by atoms with van der Waals surface area (Å²) in [5, 5.41) is 3.41. The van der Waals surface area contributed by atoms with E-state index in [0.29, 0.717) is 6.04 Å². The summed E-state index contributed by atoms with van der Waals surface area (Å²) in [6.45, 7) is 6.11. The molecule has 92 valence electrons. The number of nitrogens with zero attached hydrogens (tertiary/aromatic N) is 3. The molecule has 5 heteroatoms. The van der Waals surface area contributed by atoms with E-state index < -0.39 is 0 Å². The first kappa shape index (κ1) is 11.9. The van der Waals surface area contributed by atoms with E-state index in [-0.39, 0.29) is 0 Å². The summed E-state index contributed by atoms with van der Waals surface area (Å²) in [5.41, 5.74) is 2.39. The molecule has 0 spiro atoms. The highest BCUT2D eigenvalue weighted by atomic mass is 15.1. The highest BCUT2D eigenvalue weighted by Gasteiger charge is 2.04. The molecule has 2 N–H and O–H groups in total. The van der Waals surface area contributed by atoms with Gasteiger partial charge in [0.1, 0.15) is 0 Å². The molecule has 2 heterocycles. The van der Waals surface area contributed by atoms with Gasteiger partial charge < -0.3 is 14.9 Å². The lowest BCUT2D eigenvalue weighted by molar-refractivity contribution is 0.551. The van der Waals surface area contributed by atoms with Gasteiger partial charge in [0.05, 0.1) is 18.3 Å². The highest BCUT2D eigenvalue weighted by molar-refractivity contribution is 5.00. The summed E-state index contributed by atoms with van der Waals surface area (Å²) >= 11 is 0. The van der Waals surface area contributed by atoms with Gasteiger partial charge in [-0.2, -0.15) is 0 Å². The zero-order valence-corrected chi connectivity index (χ0v) is 10.3. The first-order chi connectivity index (χ1) is 8.27. The second kappa shape index (κ2) is 5.63. The van der Waals surface area contributed by atoms with Crippen LogP contribution in [0.25, 0.3) is 0 Å². The third-order valence-electron chi connectivity index (χ3n) is 2.73. The van der Waals surface area contributed by atoms with Crippen LogP contribution in [0.2, 0.25) is 0 Å². The van der Waals surface area contributed by atoms with Crippen molar-refractivity contribution in [3.05, 3.63) is 36.4 Å². The molecule has 0 bridgehead atoms. The van der Waals surface area contributed by atoms with Crippen molar-refractivity contribution in [1.82, 2.24) is 24.8 Å². The Morgan fingerprint density at radius 3 is 2.94 bits per heavy atom. The number of nitrogens with one attached hydrogen (secondary N) is 2. The number of aromatic nitrogens is 4. The summed E-state index contributed by atoms with van der Waals surface area (Å²) in [6, 6.07) is 0.460. The van der Waals surface area contributed by atoms with Crippen LogP contribution in [-0.2, 0) is 13.0 Å². The molecule has 0 radical (unpaired) electrons. The molecule has 5 nitrogen and oxygen atoms in total. The average Bonchev–Trinajstić information content (AvgIpc) is 2.95. The maximum atomic E-state index is 4.18. The van der Waals surface area contributed by atoms with E-state index in [9.17, 15) is 0 Å². The molecule has 0 saturated carbocycles. The fourth-order valence-corrected chi connectivity index (χ4v) is 1.79. The van der Waals surface area contributed by atoms with E-state index in [0.717, 1.165) is 25.2 Å². The first-order valence-corrected chi connectivity index (χ1v) is 5.96. The minimum atomic E-state index is 0.460. The second-order valence-corrected chi connectivity index (χ2v) is 4.39. The predicted molar refractivity (Wildman–Crippen MR) is 66.6 cm³/mol. The largest absolute Gasteiger partial charge is 0.348 e. The Hall–Kier alpha value is -1.62. The Bertz CT molecular complexity index is 429. The molecule has 0 atom stereocenters. The van der Waals surface area contributed by atoms with Crippen LogP contribution >= 0.6 is 0 Å². The molecule has 0 amide bonds. The Morgan fingerprint density at radius 2 is 2.24 bits per heavy atom. The fourth-order valence-electron chi connectivity index (χ4n) is 1.79. The van der Waals surface area contributed by atoms with Crippen molar-refractivity contribution in [3.8, 4) is 0 Å². The normalized spacial score (nSPS) is 11.2. The first-order valence-electron chi connectivity index (χ1n) is 5.96. The molecule has 17 heavy (non-hydrogen) atoms. The predicted octanol–water partition coefficient (Wildman–Crippen LogP) is 1.52. The third-order valence-corrected chi connectivity index (χ3v) is 2.73. The van der Waals surface area contributed by atoms with Crippen LogP contribution in [0.5, 0.6) is 0 Å². The Labute approximate surface area is 101 Å². The lowest BCUT2D eigenvalue weighted by atomic mass is 10.3. The smallest absolute Gasteiger partial charge is 0.0951 e. The molecule has 0 unspecified atom stereocenters. The minimum absolute atomic E-state index is 0.460. The average molecular weight is 233 g/mol. The van der Waals surface area contributed by atoms with Gasteiger partial charge in [0.2, 0.25) is 0 Å². The zero-order valence-electron chi connectivity index (χ0n) is 10.3. The summed E-state index contributed by atoms with van der Waals surface area (Å²) in [4.78, 5) is 11.3. The van der Waals surface area contributed by atoms with Crippen molar-refractivity contribution in [2.75, 3.05) is 6.54 Å². The molecule has 2 aromatic heterocycles. The lowest BCUT2D eigenvalue weighted by Gasteiger charge is -2.12. The standard InChI is InChI=1S/C12H19N5/c1-10(2)17-9-15-7-12(17)6-13-4-3-11-5-14-8-16-11/h5,7-10,13H,3-4,6H2,1-2H3,(H,14,16). The van der Waals surface area contributed by atoms with E-state index in [2.05, 4.69) is 38.7 Å². The van der Waals surface area contributed by atoms with Crippen molar-refractivity contribution in [2.45, 2.75) is 32.9 Å². The van der Waals surface area contributed by atoms with Crippen molar-refractivity contribution >= 4 is 0 Å². The summed E-state index contributed by atoms with van der Waals surface area (Å²) < 4.78 is 2.18. The summed E-state index contributed by atoms with van der Waals surface area (Å²) in [5.74, 6) is 0. The molecular formula is C12H19N5. The van der Waals surface area contributed by atoms with Crippen LogP contribution < -0.4 is 5.32 Å². The van der Waals surface area contributed by atoms with E-state index in [1.54, 1.807) is 6.33 Å². The van der Waals surface area contributed by atoms with E-state index in [1.807, 2.05) is 18.7 Å². The van der Waals surface area contributed by atoms with Gasteiger partial charge in [0, 0.05) is 43.6 Å². The quantitative estimate of drug-likeness (QED) is 0.744. The Morgan fingerprint density at radius 1 is 1.35 bits per heavy atom. The van der Waals surface area contributed by atoms with Crippen molar-refractivity contribution < 1.29 is 0 Å². The molecule has 0 saturated heterocycles.